The number of aliphatic hydroxyl groups is 2. The van der Waals surface area contributed by atoms with E-state index >= 15 is 0 Å². The Labute approximate surface area is 237 Å². The molecular weight excluding hydrogens is 589 g/mol. The van der Waals surface area contributed by atoms with Crippen molar-refractivity contribution >= 4 is 22.6 Å². The van der Waals surface area contributed by atoms with Crippen molar-refractivity contribution in [2.75, 3.05) is 39.6 Å². The number of nitrogens with zero attached hydrogens (tertiary/aromatic N) is 2. The highest BCUT2D eigenvalue weighted by Crippen LogP contribution is 2.28. The van der Waals surface area contributed by atoms with E-state index in [1.54, 1.807) is 0 Å². The average molecular weight is 640 g/mol. The maximum atomic E-state index is 11.0. The van der Waals surface area contributed by atoms with Crippen molar-refractivity contribution < 1.29 is 29.3 Å². The van der Waals surface area contributed by atoms with Gasteiger partial charge in [-0.3, -0.25) is 15.1 Å². The van der Waals surface area contributed by atoms with Crippen LogP contribution in [0.5, 0.6) is 0 Å². The number of alkyl halides is 1. The SMILES string of the molecule is CCCCN(CCCC)C(O)NC(CC(C)C)ON1C[C@H](OC/C(C)=C/C=C2\COCO2)C[C@H]1C(O)I. The van der Waals surface area contributed by atoms with E-state index in [9.17, 15) is 10.2 Å². The first-order chi connectivity index (χ1) is 17.7. The van der Waals surface area contributed by atoms with E-state index in [0.29, 0.717) is 38.9 Å². The van der Waals surface area contributed by atoms with Crippen molar-refractivity contribution in [3.63, 3.8) is 0 Å². The average Bonchev–Trinajstić information content (AvgIpc) is 3.51. The van der Waals surface area contributed by atoms with Gasteiger partial charge in [0, 0.05) is 13.1 Å². The standard InChI is InChI=1S/C27H50IN3O6/c1-6-8-12-30(13-9-7-2)27(33)29-25(14-20(3)4)37-31-16-23(15-24(31)26(28)32)35-17-21(5)10-11-22-18-34-19-36-22/h10-11,20,23-27,29,32-33H,6-9,12-19H2,1-5H3/b21-10+,22-11+/t23-,24+,25?,26?,27?/m1/s1. The fraction of sp³-hybridized carbons (Fsp3) is 0.852. The molecule has 216 valence electrons. The van der Waals surface area contributed by atoms with Gasteiger partial charge in [0.15, 0.2) is 13.1 Å². The summed E-state index contributed by atoms with van der Waals surface area (Å²) in [6.45, 7) is 14.2. The first kappa shape index (κ1) is 32.9. The van der Waals surface area contributed by atoms with E-state index in [1.807, 2.05) is 46.7 Å². The van der Waals surface area contributed by atoms with E-state index < -0.39 is 10.5 Å². The normalized spacial score (nSPS) is 24.8. The molecule has 0 amide bonds. The summed E-state index contributed by atoms with van der Waals surface area (Å²) < 4.78 is 16.1. The van der Waals surface area contributed by atoms with Gasteiger partial charge in [0.25, 0.3) is 0 Å². The summed E-state index contributed by atoms with van der Waals surface area (Å²) >= 11 is 2.04. The Morgan fingerprint density at radius 2 is 1.95 bits per heavy atom. The van der Waals surface area contributed by atoms with Crippen LogP contribution in [0.15, 0.2) is 23.5 Å². The van der Waals surface area contributed by atoms with Crippen LogP contribution >= 0.6 is 22.6 Å². The summed E-state index contributed by atoms with van der Waals surface area (Å²) in [6, 6.07) is -0.189. The van der Waals surface area contributed by atoms with E-state index in [1.165, 1.54) is 0 Å². The molecule has 0 bridgehead atoms. The summed E-state index contributed by atoms with van der Waals surface area (Å²) in [6.07, 6.45) is 8.35. The van der Waals surface area contributed by atoms with Gasteiger partial charge in [-0.25, -0.2) is 0 Å². The quantitative estimate of drug-likeness (QED) is 0.116. The topological polar surface area (TPSA) is 95.9 Å². The van der Waals surface area contributed by atoms with Crippen molar-refractivity contribution in [1.29, 1.82) is 0 Å². The molecule has 0 aromatic heterocycles. The minimum Gasteiger partial charge on any atom is -0.469 e. The summed E-state index contributed by atoms with van der Waals surface area (Å²) in [5, 5.41) is 26.7. The fourth-order valence-electron chi connectivity index (χ4n) is 4.30. The van der Waals surface area contributed by atoms with Crippen molar-refractivity contribution in [1.82, 2.24) is 15.3 Å². The van der Waals surface area contributed by atoms with Gasteiger partial charge in [0.1, 0.15) is 22.7 Å². The van der Waals surface area contributed by atoms with Gasteiger partial charge in [-0.1, -0.05) is 46.6 Å². The Balaban J connectivity index is 1.97. The third-order valence-electron chi connectivity index (χ3n) is 6.47. The zero-order chi connectivity index (χ0) is 27.2. The first-order valence-electron chi connectivity index (χ1n) is 13.9. The second-order valence-corrected chi connectivity index (χ2v) is 11.7. The molecule has 2 aliphatic heterocycles. The molecule has 2 aliphatic rings. The summed E-state index contributed by atoms with van der Waals surface area (Å²) in [5.41, 5.74) is 1.08. The second-order valence-electron chi connectivity index (χ2n) is 10.5. The highest BCUT2D eigenvalue weighted by atomic mass is 127. The Morgan fingerprint density at radius 3 is 2.51 bits per heavy atom. The zero-order valence-electron chi connectivity index (χ0n) is 23.4. The summed E-state index contributed by atoms with van der Waals surface area (Å²) in [4.78, 5) is 8.51. The van der Waals surface area contributed by atoms with E-state index in [0.717, 1.165) is 56.5 Å². The minimum absolute atomic E-state index is 0.0632. The molecule has 0 aromatic rings. The Hall–Kier alpha value is -0.310. The lowest BCUT2D eigenvalue weighted by molar-refractivity contribution is -0.240. The van der Waals surface area contributed by atoms with Crippen LogP contribution in [0, 0.1) is 5.92 Å². The number of unbranched alkanes of at least 4 members (excludes halogenated alkanes) is 2. The van der Waals surface area contributed by atoms with Gasteiger partial charge in [0.2, 0.25) is 0 Å². The molecule has 3 N–H and O–H groups in total. The number of ether oxygens (including phenoxy) is 3. The number of allylic oxidation sites excluding steroid dienone is 2. The molecule has 0 aliphatic carbocycles. The Bertz CT molecular complexity index is 677. The molecule has 2 rings (SSSR count). The number of aliphatic hydroxyl groups excluding tert-OH is 2. The molecule has 9 nitrogen and oxygen atoms in total. The van der Waals surface area contributed by atoms with Crippen LogP contribution in [0.2, 0.25) is 0 Å². The van der Waals surface area contributed by atoms with Crippen LogP contribution in [0.4, 0.5) is 0 Å². The van der Waals surface area contributed by atoms with Crippen LogP contribution in [0.25, 0.3) is 0 Å². The Kier molecular flexibility index (Phi) is 16.1. The number of hydrogen-bond donors (Lipinski definition) is 3. The van der Waals surface area contributed by atoms with Gasteiger partial charge in [-0.05, 0) is 72.8 Å². The second kappa shape index (κ2) is 18.1. The number of hydroxylamine groups is 2. The monoisotopic (exact) mass is 639 g/mol. The lowest BCUT2D eigenvalue weighted by atomic mass is 10.1. The van der Waals surface area contributed by atoms with E-state index in [-0.39, 0.29) is 18.4 Å². The highest BCUT2D eigenvalue weighted by Gasteiger charge is 2.39. The molecule has 0 saturated carbocycles. The molecule has 5 atom stereocenters. The van der Waals surface area contributed by atoms with Crippen LogP contribution in [0.1, 0.15) is 73.1 Å². The molecule has 2 saturated heterocycles. The number of halogens is 1. The van der Waals surface area contributed by atoms with E-state index in [2.05, 4.69) is 37.9 Å². The first-order valence-corrected chi connectivity index (χ1v) is 15.1. The smallest absolute Gasteiger partial charge is 0.189 e. The van der Waals surface area contributed by atoms with Crippen LogP contribution in [-0.2, 0) is 19.0 Å². The number of hydrogen-bond acceptors (Lipinski definition) is 9. The molecule has 2 fully saturated rings. The van der Waals surface area contributed by atoms with Crippen LogP contribution in [-0.4, -0.2) is 88.7 Å². The molecule has 0 spiro atoms. The lowest BCUT2D eigenvalue weighted by Crippen LogP contribution is -2.53. The predicted octanol–water partition coefficient (Wildman–Crippen LogP) is 4.11. The Morgan fingerprint density at radius 1 is 1.24 bits per heavy atom. The van der Waals surface area contributed by atoms with Crippen LogP contribution in [0.3, 0.4) is 0 Å². The molecule has 0 aromatic carbocycles. The summed E-state index contributed by atoms with van der Waals surface area (Å²) in [7, 11) is 0. The van der Waals surface area contributed by atoms with Crippen molar-refractivity contribution in [2.45, 2.75) is 102 Å². The third-order valence-corrected chi connectivity index (χ3v) is 7.30. The van der Waals surface area contributed by atoms with Gasteiger partial charge < -0.3 is 24.4 Å². The number of nitrogens with one attached hydrogen (secondary N) is 1. The maximum absolute atomic E-state index is 11.0. The van der Waals surface area contributed by atoms with Gasteiger partial charge in [0.05, 0.1) is 25.3 Å². The van der Waals surface area contributed by atoms with Gasteiger partial charge in [-0.15, -0.1) is 0 Å². The van der Waals surface area contributed by atoms with E-state index in [4.69, 9.17) is 19.0 Å². The molecule has 2 heterocycles. The fourth-order valence-corrected chi connectivity index (χ4v) is 4.95. The molecule has 0 radical (unpaired) electrons. The third kappa shape index (κ3) is 12.6. The predicted molar refractivity (Wildman–Crippen MR) is 153 cm³/mol. The minimum atomic E-state index is -0.782. The molecule has 3 unspecified atom stereocenters. The zero-order valence-corrected chi connectivity index (χ0v) is 25.6. The molecule has 10 heteroatoms. The highest BCUT2D eigenvalue weighted by molar-refractivity contribution is 14.1. The lowest BCUT2D eigenvalue weighted by Gasteiger charge is -2.35. The number of rotatable bonds is 18. The molecule has 37 heavy (non-hydrogen) atoms. The van der Waals surface area contributed by atoms with Crippen molar-refractivity contribution in [2.24, 2.45) is 5.92 Å². The van der Waals surface area contributed by atoms with Crippen LogP contribution < -0.4 is 5.32 Å². The largest absolute Gasteiger partial charge is 0.469 e. The molecular formula is C27H50IN3O6. The van der Waals surface area contributed by atoms with Gasteiger partial charge in [-0.2, -0.15) is 5.06 Å². The maximum Gasteiger partial charge on any atom is 0.189 e. The van der Waals surface area contributed by atoms with Gasteiger partial charge >= 0.3 is 0 Å². The van der Waals surface area contributed by atoms with Crippen molar-refractivity contribution in [3.8, 4) is 0 Å². The summed E-state index contributed by atoms with van der Waals surface area (Å²) in [5.74, 6) is 1.19. The van der Waals surface area contributed by atoms with Crippen molar-refractivity contribution in [3.05, 3.63) is 23.5 Å².